The fourth-order valence-corrected chi connectivity index (χ4v) is 6.60. The van der Waals surface area contributed by atoms with Crippen molar-refractivity contribution in [3.05, 3.63) is 129 Å². The number of alkyl halides is 2. The zero-order chi connectivity index (χ0) is 46.5. The molecule has 4 N–H and O–H groups in total. The van der Waals surface area contributed by atoms with Gasteiger partial charge in [0.15, 0.2) is 23.1 Å². The number of hydrogen-bond donors (Lipinski definition) is 4. The number of Topliss-reactive ketones (excluding diaryl/α,β-unsaturated/α-hetero) is 2. The summed E-state index contributed by atoms with van der Waals surface area (Å²) in [6.07, 6.45) is 0. The molecule has 0 heterocycles. The molecule has 0 spiro atoms. The first-order valence-corrected chi connectivity index (χ1v) is 20.7. The number of carbonyl (C=O) groups is 6. The molecule has 20 heteroatoms. The molecule has 0 bridgehead atoms. The number of amides is 4. The molecule has 330 valence electrons. The number of hydrogen-bond acceptors (Lipinski definition) is 12. The third kappa shape index (κ3) is 12.0. The lowest BCUT2D eigenvalue weighted by Crippen LogP contribution is -2.32. The highest BCUT2D eigenvalue weighted by molar-refractivity contribution is 6.37. The number of halogens is 4. The molecule has 4 amide bonds. The van der Waals surface area contributed by atoms with Gasteiger partial charge >= 0.3 is 0 Å². The van der Waals surface area contributed by atoms with Crippen LogP contribution in [-0.4, -0.2) is 61.5 Å². The van der Waals surface area contributed by atoms with Gasteiger partial charge in [0.25, 0.3) is 23.6 Å². The van der Waals surface area contributed by atoms with Crippen molar-refractivity contribution in [2.45, 2.75) is 37.7 Å². The Morgan fingerprint density at radius 2 is 0.891 bits per heavy atom. The average molecular weight is 949 g/mol. The first-order chi connectivity index (χ1) is 30.7. The van der Waals surface area contributed by atoms with Crippen LogP contribution in [0, 0.1) is 0 Å². The fourth-order valence-electron chi connectivity index (χ4n) is 5.74. The Hall–Kier alpha value is -6.72. The van der Waals surface area contributed by atoms with Crippen molar-refractivity contribution < 1.29 is 38.2 Å². The highest BCUT2D eigenvalue weighted by Gasteiger charge is 2.29. The molecule has 0 radical (unpaired) electrons. The Labute approximate surface area is 386 Å². The predicted octanol–water partition coefficient (Wildman–Crippen LogP) is 10.4. The molecule has 0 aliphatic heterocycles. The zero-order valence-electron chi connectivity index (χ0n) is 34.4. The molecule has 64 heavy (non-hydrogen) atoms. The number of rotatable bonds is 18. The van der Waals surface area contributed by atoms with Crippen LogP contribution in [0.3, 0.4) is 0 Å². The molecule has 2 unspecified atom stereocenters. The van der Waals surface area contributed by atoms with Crippen molar-refractivity contribution in [3.63, 3.8) is 0 Å². The Bertz CT molecular complexity index is 2460. The molecule has 0 saturated carbocycles. The van der Waals surface area contributed by atoms with Gasteiger partial charge in [0.05, 0.1) is 46.8 Å². The summed E-state index contributed by atoms with van der Waals surface area (Å²) in [6, 6.07) is 22.0. The molecule has 0 fully saturated rings. The zero-order valence-corrected chi connectivity index (χ0v) is 37.4. The van der Waals surface area contributed by atoms with Crippen molar-refractivity contribution in [3.8, 4) is 11.5 Å². The Kier molecular flexibility index (Phi) is 17.0. The van der Waals surface area contributed by atoms with E-state index in [0.717, 1.165) is 25.0 Å². The molecule has 0 saturated heterocycles. The average Bonchev–Trinajstić information content (AvgIpc) is 3.28. The Morgan fingerprint density at radius 3 is 1.20 bits per heavy atom. The maximum absolute atomic E-state index is 13.5. The van der Waals surface area contributed by atoms with Crippen LogP contribution in [0.1, 0.15) is 45.7 Å². The van der Waals surface area contributed by atoms with Crippen LogP contribution in [-0.2, 0) is 30.9 Å². The molecule has 0 aliphatic rings. The van der Waals surface area contributed by atoms with Crippen molar-refractivity contribution in [2.75, 3.05) is 35.5 Å². The maximum atomic E-state index is 13.5. The van der Waals surface area contributed by atoms with E-state index >= 15 is 0 Å². The molecular weight excluding hydrogens is 910 g/mol. The van der Waals surface area contributed by atoms with Gasteiger partial charge in [-0.05, 0) is 85.6 Å². The summed E-state index contributed by atoms with van der Waals surface area (Å²) in [5, 5.41) is 26.4. The largest absolute Gasteiger partial charge is 0.491 e. The number of ketones is 2. The normalized spacial score (nSPS) is 12.0. The van der Waals surface area contributed by atoms with Crippen LogP contribution in [0.2, 0.25) is 10.0 Å². The summed E-state index contributed by atoms with van der Waals surface area (Å²) >= 11 is 24.7. The van der Waals surface area contributed by atoms with Gasteiger partial charge in [-0.2, -0.15) is 20.5 Å². The summed E-state index contributed by atoms with van der Waals surface area (Å²) in [7, 11) is 2.53. The summed E-state index contributed by atoms with van der Waals surface area (Å²) in [5.74, 6) is -3.82. The molecular formula is C44H38Cl4N8O8. The van der Waals surface area contributed by atoms with E-state index in [2.05, 4.69) is 41.7 Å². The van der Waals surface area contributed by atoms with Gasteiger partial charge in [0, 0.05) is 23.1 Å². The van der Waals surface area contributed by atoms with E-state index in [4.69, 9.17) is 55.9 Å². The highest BCUT2D eigenvalue weighted by atomic mass is 35.5. The minimum atomic E-state index is -1.68. The third-order valence-electron chi connectivity index (χ3n) is 9.04. The first-order valence-electron chi connectivity index (χ1n) is 18.9. The number of benzene rings is 5. The summed E-state index contributed by atoms with van der Waals surface area (Å²) < 4.78 is 11.0. The van der Waals surface area contributed by atoms with Crippen molar-refractivity contribution in [1.29, 1.82) is 0 Å². The van der Waals surface area contributed by atoms with Crippen LogP contribution in [0.4, 0.5) is 34.1 Å². The van der Waals surface area contributed by atoms with E-state index in [1.165, 1.54) is 62.8 Å². The molecule has 0 aromatic heterocycles. The Morgan fingerprint density at radius 1 is 0.531 bits per heavy atom. The third-order valence-corrected chi connectivity index (χ3v) is 10.5. The minimum absolute atomic E-state index is 0.00761. The number of nitrogens with zero attached hydrogens (tertiary/aromatic N) is 4. The number of ether oxygens (including phenoxy) is 2. The summed E-state index contributed by atoms with van der Waals surface area (Å²) in [6.45, 7) is 2.27. The van der Waals surface area contributed by atoms with E-state index < -0.39 is 47.3 Å². The smallest absolute Gasteiger partial charge is 0.258 e. The quantitative estimate of drug-likeness (QED) is 0.0375. The fraction of sp³-hybridized carbons (Fsp3) is 0.182. The topological polar surface area (TPSA) is 218 Å². The lowest BCUT2D eigenvalue weighted by molar-refractivity contribution is -0.127. The minimum Gasteiger partial charge on any atom is -0.491 e. The second kappa shape index (κ2) is 22.6. The number of nitrogens with one attached hydrogen (secondary N) is 4. The van der Waals surface area contributed by atoms with E-state index in [-0.39, 0.29) is 55.4 Å². The molecule has 2 atom stereocenters. The summed E-state index contributed by atoms with van der Waals surface area (Å²) in [4.78, 5) is 78.4. The van der Waals surface area contributed by atoms with Gasteiger partial charge in [-0.3, -0.25) is 28.8 Å². The van der Waals surface area contributed by atoms with Gasteiger partial charge in [0.1, 0.15) is 11.4 Å². The summed E-state index contributed by atoms with van der Waals surface area (Å²) in [5.41, 5.74) is 2.90. The maximum Gasteiger partial charge on any atom is 0.258 e. The van der Waals surface area contributed by atoms with Crippen LogP contribution in [0.25, 0.3) is 0 Å². The molecule has 0 aliphatic carbocycles. The van der Waals surface area contributed by atoms with E-state index in [0.29, 0.717) is 23.1 Å². The van der Waals surface area contributed by atoms with Crippen LogP contribution in [0.15, 0.2) is 118 Å². The van der Waals surface area contributed by atoms with Gasteiger partial charge in [-0.15, -0.1) is 23.2 Å². The lowest BCUT2D eigenvalue weighted by atomic mass is 10.1. The van der Waals surface area contributed by atoms with E-state index in [1.54, 1.807) is 48.5 Å². The lowest BCUT2D eigenvalue weighted by Gasteiger charge is -2.19. The standard InChI is InChI=1S/C44H38Cl4N8O8/c1-23(57)37(55-53-31-9-5-7-29(35(31)47)41(59)49-27-15-11-25(21-45)12-16-27)43(61)51-33-19-20-34(40(64-4)39(33)63-3)52-44(62)38(24(2)58)56-54-32-10-6-8-30(36(32)48)42(60)50-28-17-13-26(22-46)14-18-28/h5-20,37-38H,21-22H2,1-4H3,(H,49,59)(H,50,60)(H,51,61)(H,52,62). The van der Waals surface area contributed by atoms with Gasteiger partial charge in [-0.1, -0.05) is 59.6 Å². The molecule has 5 aromatic rings. The van der Waals surface area contributed by atoms with Crippen LogP contribution in [0.5, 0.6) is 11.5 Å². The van der Waals surface area contributed by atoms with Gasteiger partial charge in [-0.25, -0.2) is 0 Å². The molecule has 5 aromatic carbocycles. The number of azo groups is 2. The number of anilines is 4. The molecule has 16 nitrogen and oxygen atoms in total. The second-order valence-corrected chi connectivity index (χ2v) is 14.8. The first kappa shape index (κ1) is 48.3. The van der Waals surface area contributed by atoms with Crippen molar-refractivity contribution >= 4 is 116 Å². The van der Waals surface area contributed by atoms with E-state index in [1.807, 2.05) is 0 Å². The van der Waals surface area contributed by atoms with Crippen molar-refractivity contribution in [2.24, 2.45) is 20.5 Å². The monoisotopic (exact) mass is 946 g/mol. The van der Waals surface area contributed by atoms with Crippen LogP contribution < -0.4 is 30.7 Å². The Balaban J connectivity index is 1.30. The van der Waals surface area contributed by atoms with Crippen LogP contribution >= 0.6 is 46.4 Å². The number of methoxy groups -OCH3 is 2. The second-order valence-electron chi connectivity index (χ2n) is 13.5. The predicted molar refractivity (Wildman–Crippen MR) is 246 cm³/mol. The van der Waals surface area contributed by atoms with Crippen molar-refractivity contribution in [1.82, 2.24) is 0 Å². The molecule has 5 rings (SSSR count). The number of carbonyl (C=O) groups excluding carboxylic acids is 6. The SMILES string of the molecule is COc1c(NC(=O)C(N=Nc2cccc(C(=O)Nc3ccc(CCl)cc3)c2Cl)C(C)=O)ccc(NC(=O)C(N=Nc2cccc(C(=O)Nc3ccc(CCl)cc3)c2Cl)C(C)=O)c1OC. The highest BCUT2D eigenvalue weighted by Crippen LogP contribution is 2.42. The van der Waals surface area contributed by atoms with Gasteiger partial charge in [0.2, 0.25) is 12.1 Å². The van der Waals surface area contributed by atoms with E-state index in [9.17, 15) is 28.8 Å². The van der Waals surface area contributed by atoms with Gasteiger partial charge < -0.3 is 30.7 Å².